The Kier molecular flexibility index (Phi) is 6.17. The molecule has 7 nitrogen and oxygen atoms in total. The summed E-state index contributed by atoms with van der Waals surface area (Å²) in [7, 11) is 0. The highest BCUT2D eigenvalue weighted by molar-refractivity contribution is 5.94. The number of nitrogens with two attached hydrogens (primary N) is 1. The van der Waals surface area contributed by atoms with Crippen LogP contribution in [0.1, 0.15) is 22.6 Å². The molecule has 1 aliphatic heterocycles. The zero-order valence-corrected chi connectivity index (χ0v) is 15.8. The number of nitrogens with zero attached hydrogens (tertiary/aromatic N) is 5. The SMILES string of the molecule is Cc1c(C(=O)N2CC[C@@H](N)C2)nnn1-c1cccc2ncccc12.Cl.Cl. The van der Waals surface area contributed by atoms with Crippen LogP contribution in [0.3, 0.4) is 0 Å². The van der Waals surface area contributed by atoms with Crippen molar-refractivity contribution in [3.8, 4) is 5.69 Å². The van der Waals surface area contributed by atoms with Gasteiger partial charge >= 0.3 is 0 Å². The highest BCUT2D eigenvalue weighted by Gasteiger charge is 2.28. The summed E-state index contributed by atoms with van der Waals surface area (Å²) >= 11 is 0. The predicted octanol–water partition coefficient (Wildman–Crippen LogP) is 2.14. The lowest BCUT2D eigenvalue weighted by molar-refractivity contribution is 0.0784. The number of hydrogen-bond acceptors (Lipinski definition) is 5. The number of fused-ring (bicyclic) bond motifs is 1. The van der Waals surface area contributed by atoms with Crippen molar-refractivity contribution in [1.29, 1.82) is 0 Å². The Bertz CT molecular complexity index is 923. The first kappa shape index (κ1) is 20.1. The fourth-order valence-corrected chi connectivity index (χ4v) is 3.15. The van der Waals surface area contributed by atoms with Gasteiger partial charge < -0.3 is 10.6 Å². The third-order valence-corrected chi connectivity index (χ3v) is 4.46. The lowest BCUT2D eigenvalue weighted by atomic mass is 10.2. The standard InChI is InChI=1S/C17H18N6O.2ClH/c1-11-16(17(24)22-9-7-12(18)10-22)20-21-23(11)15-6-2-5-14-13(15)4-3-8-19-14;;/h2-6,8,12H,7,9-10,18H2,1H3;2*1H/t12-;;/m1../s1. The lowest BCUT2D eigenvalue weighted by Crippen LogP contribution is -2.32. The molecule has 2 N–H and O–H groups in total. The summed E-state index contributed by atoms with van der Waals surface area (Å²) in [6, 6.07) is 9.74. The second kappa shape index (κ2) is 7.99. The highest BCUT2D eigenvalue weighted by Crippen LogP contribution is 2.22. The third kappa shape index (κ3) is 3.38. The topological polar surface area (TPSA) is 89.9 Å². The number of carbonyl (C=O) groups is 1. The Morgan fingerprint density at radius 1 is 1.23 bits per heavy atom. The largest absolute Gasteiger partial charge is 0.336 e. The number of benzene rings is 1. The Morgan fingerprint density at radius 2 is 2.04 bits per heavy atom. The van der Waals surface area contributed by atoms with Crippen LogP contribution in [-0.4, -0.2) is 49.9 Å². The minimum atomic E-state index is -0.106. The van der Waals surface area contributed by atoms with Crippen molar-refractivity contribution in [2.45, 2.75) is 19.4 Å². The summed E-state index contributed by atoms with van der Waals surface area (Å²) in [5.41, 5.74) is 8.74. The van der Waals surface area contributed by atoms with E-state index >= 15 is 0 Å². The average Bonchev–Trinajstić information content (AvgIpc) is 3.20. The average molecular weight is 395 g/mol. The lowest BCUT2D eigenvalue weighted by Gasteiger charge is -2.14. The van der Waals surface area contributed by atoms with Crippen LogP contribution in [0, 0.1) is 6.92 Å². The number of amides is 1. The van der Waals surface area contributed by atoms with Crippen molar-refractivity contribution in [2.75, 3.05) is 13.1 Å². The van der Waals surface area contributed by atoms with Crippen LogP contribution >= 0.6 is 24.8 Å². The van der Waals surface area contributed by atoms with E-state index in [1.807, 2.05) is 37.3 Å². The van der Waals surface area contributed by atoms with Gasteiger partial charge in [-0.1, -0.05) is 11.3 Å². The fraction of sp³-hybridized carbons (Fsp3) is 0.294. The van der Waals surface area contributed by atoms with E-state index in [2.05, 4.69) is 15.3 Å². The van der Waals surface area contributed by atoms with Gasteiger partial charge in [-0.2, -0.15) is 0 Å². The van der Waals surface area contributed by atoms with Gasteiger partial charge in [0.1, 0.15) is 0 Å². The molecule has 0 radical (unpaired) electrons. The van der Waals surface area contributed by atoms with Crippen LogP contribution < -0.4 is 5.73 Å². The van der Waals surface area contributed by atoms with Gasteiger partial charge in [0.05, 0.1) is 16.9 Å². The van der Waals surface area contributed by atoms with E-state index in [1.165, 1.54) is 0 Å². The van der Waals surface area contributed by atoms with Gasteiger partial charge in [-0.25, -0.2) is 4.68 Å². The monoisotopic (exact) mass is 394 g/mol. The van der Waals surface area contributed by atoms with Crippen molar-refractivity contribution in [1.82, 2.24) is 24.9 Å². The molecule has 0 saturated carbocycles. The minimum absolute atomic E-state index is 0. The molecule has 0 unspecified atom stereocenters. The number of pyridine rings is 1. The number of halogens is 2. The molecular weight excluding hydrogens is 375 g/mol. The first-order chi connectivity index (χ1) is 11.6. The summed E-state index contributed by atoms with van der Waals surface area (Å²) in [6.07, 6.45) is 2.58. The molecule has 138 valence electrons. The summed E-state index contributed by atoms with van der Waals surface area (Å²) in [6.45, 7) is 3.10. The molecule has 0 spiro atoms. The zero-order chi connectivity index (χ0) is 16.7. The van der Waals surface area contributed by atoms with Gasteiger partial charge in [0.25, 0.3) is 5.91 Å². The van der Waals surface area contributed by atoms with Crippen LogP contribution in [0.4, 0.5) is 0 Å². The number of rotatable bonds is 2. The number of carbonyl (C=O) groups excluding carboxylic acids is 1. The molecule has 4 rings (SSSR count). The van der Waals surface area contributed by atoms with Crippen molar-refractivity contribution in [2.24, 2.45) is 5.73 Å². The maximum Gasteiger partial charge on any atom is 0.276 e. The summed E-state index contributed by atoms with van der Waals surface area (Å²) in [5.74, 6) is -0.106. The molecule has 1 fully saturated rings. The van der Waals surface area contributed by atoms with Gasteiger partial charge in [-0.3, -0.25) is 9.78 Å². The second-order valence-electron chi connectivity index (χ2n) is 6.08. The Hall–Kier alpha value is -2.22. The van der Waals surface area contributed by atoms with E-state index in [4.69, 9.17) is 5.73 Å². The van der Waals surface area contributed by atoms with Crippen LogP contribution in [0.2, 0.25) is 0 Å². The zero-order valence-electron chi connectivity index (χ0n) is 14.2. The van der Waals surface area contributed by atoms with E-state index in [0.717, 1.165) is 28.7 Å². The number of likely N-dealkylation sites (tertiary alicyclic amines) is 1. The summed E-state index contributed by atoms with van der Waals surface area (Å²) in [4.78, 5) is 18.8. The molecule has 3 aromatic rings. The fourth-order valence-electron chi connectivity index (χ4n) is 3.15. The maximum atomic E-state index is 12.7. The van der Waals surface area contributed by atoms with Crippen molar-refractivity contribution in [3.63, 3.8) is 0 Å². The second-order valence-corrected chi connectivity index (χ2v) is 6.08. The molecule has 1 atom stereocenters. The van der Waals surface area contributed by atoms with Crippen molar-refractivity contribution < 1.29 is 4.79 Å². The molecule has 0 aliphatic carbocycles. The van der Waals surface area contributed by atoms with Crippen LogP contribution in [0.25, 0.3) is 16.6 Å². The van der Waals surface area contributed by atoms with Crippen molar-refractivity contribution in [3.05, 3.63) is 47.9 Å². The first-order valence-corrected chi connectivity index (χ1v) is 7.96. The molecule has 2 aromatic heterocycles. The summed E-state index contributed by atoms with van der Waals surface area (Å²) in [5, 5.41) is 9.30. The minimum Gasteiger partial charge on any atom is -0.336 e. The quantitative estimate of drug-likeness (QED) is 0.718. The third-order valence-electron chi connectivity index (χ3n) is 4.46. The van der Waals surface area contributed by atoms with Gasteiger partial charge in [-0.15, -0.1) is 29.9 Å². The van der Waals surface area contributed by atoms with Crippen LogP contribution in [0.15, 0.2) is 36.5 Å². The van der Waals surface area contributed by atoms with E-state index in [9.17, 15) is 4.79 Å². The summed E-state index contributed by atoms with van der Waals surface area (Å²) < 4.78 is 1.70. The molecular formula is C17H20Cl2N6O. The van der Waals surface area contributed by atoms with E-state index in [-0.39, 0.29) is 36.8 Å². The Labute approximate surface area is 163 Å². The maximum absolute atomic E-state index is 12.7. The molecule has 1 saturated heterocycles. The van der Waals surface area contributed by atoms with Gasteiger partial charge in [0.2, 0.25) is 0 Å². The highest BCUT2D eigenvalue weighted by atomic mass is 35.5. The Morgan fingerprint density at radius 3 is 2.77 bits per heavy atom. The molecule has 1 amide bonds. The molecule has 1 aliphatic rings. The number of hydrogen-bond donors (Lipinski definition) is 1. The van der Waals surface area contributed by atoms with Gasteiger partial charge in [0.15, 0.2) is 5.69 Å². The van der Waals surface area contributed by atoms with Gasteiger partial charge in [-0.05, 0) is 37.6 Å². The van der Waals surface area contributed by atoms with E-state index in [0.29, 0.717) is 18.8 Å². The molecule has 9 heteroatoms. The molecule has 0 bridgehead atoms. The molecule has 3 heterocycles. The van der Waals surface area contributed by atoms with Gasteiger partial charge in [0, 0.05) is 30.7 Å². The Balaban J connectivity index is 0.00000121. The predicted molar refractivity (Wildman–Crippen MR) is 104 cm³/mol. The smallest absolute Gasteiger partial charge is 0.276 e. The molecule has 26 heavy (non-hydrogen) atoms. The normalized spacial score (nSPS) is 16.2. The van der Waals surface area contributed by atoms with E-state index < -0.39 is 0 Å². The van der Waals surface area contributed by atoms with E-state index in [1.54, 1.807) is 15.8 Å². The first-order valence-electron chi connectivity index (χ1n) is 7.96. The number of aromatic nitrogens is 4. The van der Waals surface area contributed by atoms with Crippen LogP contribution in [-0.2, 0) is 0 Å². The van der Waals surface area contributed by atoms with Crippen molar-refractivity contribution >= 4 is 41.6 Å². The van der Waals surface area contributed by atoms with Crippen LogP contribution in [0.5, 0.6) is 0 Å². The molecule has 1 aromatic carbocycles.